The Labute approximate surface area is 179 Å². The van der Waals surface area contributed by atoms with Crippen molar-refractivity contribution < 1.29 is 19.1 Å². The van der Waals surface area contributed by atoms with Gasteiger partial charge in [-0.15, -0.1) is 11.3 Å². The number of carbonyl (C=O) groups is 3. The third-order valence-corrected chi connectivity index (χ3v) is 6.11. The summed E-state index contributed by atoms with van der Waals surface area (Å²) in [7, 11) is 1.33. The lowest BCUT2D eigenvalue weighted by Gasteiger charge is -2.10. The van der Waals surface area contributed by atoms with Gasteiger partial charge in [-0.05, 0) is 49.6 Å². The van der Waals surface area contributed by atoms with Gasteiger partial charge in [0.1, 0.15) is 10.6 Å². The van der Waals surface area contributed by atoms with E-state index in [0.29, 0.717) is 22.8 Å². The van der Waals surface area contributed by atoms with Crippen molar-refractivity contribution in [2.45, 2.75) is 33.7 Å². The van der Waals surface area contributed by atoms with Crippen molar-refractivity contribution in [3.8, 4) is 11.1 Å². The molecule has 1 amide bonds. The first-order valence-electron chi connectivity index (χ1n) is 9.55. The first-order chi connectivity index (χ1) is 14.3. The van der Waals surface area contributed by atoms with Crippen LogP contribution in [0.1, 0.15) is 43.3 Å². The molecule has 6 nitrogen and oxygen atoms in total. The normalized spacial score (nSPS) is 10.7. The third kappa shape index (κ3) is 4.36. The lowest BCUT2D eigenvalue weighted by atomic mass is 9.97. The predicted octanol–water partition coefficient (Wildman–Crippen LogP) is 4.77. The molecule has 156 valence electrons. The lowest BCUT2D eigenvalue weighted by molar-refractivity contribution is -0.116. The van der Waals surface area contributed by atoms with Crippen LogP contribution in [0.4, 0.5) is 5.00 Å². The summed E-state index contributed by atoms with van der Waals surface area (Å²) in [6.45, 7) is 6.35. The maximum atomic E-state index is 12.6. The fourth-order valence-electron chi connectivity index (χ4n) is 3.32. The number of ether oxygens (including phenoxy) is 1. The number of aldehydes is 1. The highest BCUT2D eigenvalue weighted by molar-refractivity contribution is 7.17. The highest BCUT2D eigenvalue weighted by atomic mass is 32.1. The molecule has 3 rings (SSSR count). The maximum absolute atomic E-state index is 12.6. The zero-order valence-corrected chi connectivity index (χ0v) is 18.3. The van der Waals surface area contributed by atoms with Crippen molar-refractivity contribution in [3.05, 3.63) is 63.8 Å². The van der Waals surface area contributed by atoms with Crippen LogP contribution in [-0.4, -0.2) is 29.8 Å². The Morgan fingerprint density at radius 2 is 1.93 bits per heavy atom. The molecule has 0 saturated carbocycles. The molecule has 30 heavy (non-hydrogen) atoms. The highest BCUT2D eigenvalue weighted by Crippen LogP contribution is 2.40. The molecular formula is C23H24N2O4S. The number of thiophene rings is 1. The van der Waals surface area contributed by atoms with E-state index < -0.39 is 5.97 Å². The number of benzene rings is 1. The fraction of sp³-hybridized carbons (Fsp3) is 0.261. The molecular weight excluding hydrogens is 400 g/mol. The molecule has 2 heterocycles. The minimum atomic E-state index is -0.489. The van der Waals surface area contributed by atoms with Crippen LogP contribution < -0.4 is 5.32 Å². The second kappa shape index (κ2) is 9.09. The topological polar surface area (TPSA) is 77.4 Å². The van der Waals surface area contributed by atoms with E-state index >= 15 is 0 Å². The molecule has 0 aliphatic heterocycles. The first-order valence-corrected chi connectivity index (χ1v) is 10.4. The van der Waals surface area contributed by atoms with Crippen LogP contribution in [0.15, 0.2) is 36.5 Å². The number of hydrogen-bond acceptors (Lipinski definition) is 5. The summed E-state index contributed by atoms with van der Waals surface area (Å²) in [6.07, 6.45) is 2.68. The van der Waals surface area contributed by atoms with Gasteiger partial charge in [0.2, 0.25) is 5.91 Å². The van der Waals surface area contributed by atoms with E-state index in [4.69, 9.17) is 4.74 Å². The smallest absolute Gasteiger partial charge is 0.341 e. The van der Waals surface area contributed by atoms with Gasteiger partial charge in [0.05, 0.1) is 12.8 Å². The van der Waals surface area contributed by atoms with Crippen LogP contribution in [0, 0.1) is 20.8 Å². The second-order valence-corrected chi connectivity index (χ2v) is 8.30. The van der Waals surface area contributed by atoms with Gasteiger partial charge in [-0.2, -0.15) is 0 Å². The van der Waals surface area contributed by atoms with Crippen molar-refractivity contribution >= 4 is 34.5 Å². The van der Waals surface area contributed by atoms with Gasteiger partial charge >= 0.3 is 5.97 Å². The van der Waals surface area contributed by atoms with E-state index in [1.165, 1.54) is 24.0 Å². The molecule has 1 N–H and O–H groups in total. The van der Waals surface area contributed by atoms with Crippen molar-refractivity contribution in [2.75, 3.05) is 12.4 Å². The SMILES string of the molecule is COC(=O)c1c(NC(=O)CCn2cccc2C=O)sc(C)c1-c1ccc(C)c(C)c1. The molecule has 0 spiro atoms. The monoisotopic (exact) mass is 424 g/mol. The van der Waals surface area contributed by atoms with E-state index in [0.717, 1.165) is 27.9 Å². The number of hydrogen-bond donors (Lipinski definition) is 1. The fourth-order valence-corrected chi connectivity index (χ4v) is 4.40. The average Bonchev–Trinajstić information content (AvgIpc) is 3.31. The van der Waals surface area contributed by atoms with E-state index in [2.05, 4.69) is 5.32 Å². The number of aryl methyl sites for hydroxylation is 4. The standard InChI is InChI=1S/C23H24N2O4S/c1-14-7-8-17(12-15(14)2)20-16(3)30-22(21(20)23(28)29-4)24-19(27)9-11-25-10-5-6-18(25)13-26/h5-8,10,12-13H,9,11H2,1-4H3,(H,24,27). The quantitative estimate of drug-likeness (QED) is 0.438. The Bertz CT molecular complexity index is 1110. The summed E-state index contributed by atoms with van der Waals surface area (Å²) in [5, 5.41) is 3.33. The van der Waals surface area contributed by atoms with Gasteiger partial charge in [0.25, 0.3) is 0 Å². The number of nitrogens with one attached hydrogen (secondary N) is 1. The van der Waals surface area contributed by atoms with Gasteiger partial charge in [0.15, 0.2) is 6.29 Å². The summed E-state index contributed by atoms with van der Waals surface area (Å²) >= 11 is 1.35. The Hall–Kier alpha value is -3.19. The summed E-state index contributed by atoms with van der Waals surface area (Å²) < 4.78 is 6.73. The van der Waals surface area contributed by atoms with Crippen LogP contribution in [0.3, 0.4) is 0 Å². The molecule has 0 unspecified atom stereocenters. The molecule has 0 fully saturated rings. The second-order valence-electron chi connectivity index (χ2n) is 7.07. The van der Waals surface area contributed by atoms with Gasteiger partial charge in [-0.1, -0.05) is 18.2 Å². The number of methoxy groups -OCH3 is 1. The molecule has 0 aliphatic rings. The number of esters is 1. The molecule has 0 atom stereocenters. The van der Waals surface area contributed by atoms with Gasteiger partial charge in [-0.3, -0.25) is 9.59 Å². The number of nitrogens with zero attached hydrogens (tertiary/aromatic N) is 1. The van der Waals surface area contributed by atoms with E-state index in [1.54, 1.807) is 22.9 Å². The Balaban J connectivity index is 1.89. The van der Waals surface area contributed by atoms with E-state index in [1.807, 2.05) is 39.0 Å². The molecule has 0 bridgehead atoms. The highest BCUT2D eigenvalue weighted by Gasteiger charge is 2.25. The maximum Gasteiger partial charge on any atom is 0.341 e. The molecule has 7 heteroatoms. The van der Waals surface area contributed by atoms with Crippen LogP contribution >= 0.6 is 11.3 Å². The average molecular weight is 425 g/mol. The third-order valence-electron chi connectivity index (χ3n) is 5.09. The van der Waals surface area contributed by atoms with Crippen LogP contribution in [0.5, 0.6) is 0 Å². The Kier molecular flexibility index (Phi) is 6.52. The van der Waals surface area contributed by atoms with Crippen LogP contribution in [-0.2, 0) is 16.1 Å². The molecule has 1 aromatic carbocycles. The van der Waals surface area contributed by atoms with Gasteiger partial charge in [0, 0.05) is 29.6 Å². The molecule has 0 radical (unpaired) electrons. The Morgan fingerprint density at radius 1 is 1.17 bits per heavy atom. The molecule has 2 aromatic heterocycles. The summed E-state index contributed by atoms with van der Waals surface area (Å²) in [4.78, 5) is 37.1. The van der Waals surface area contributed by atoms with Crippen LogP contribution in [0.25, 0.3) is 11.1 Å². The molecule has 3 aromatic rings. The largest absolute Gasteiger partial charge is 0.465 e. The van der Waals surface area contributed by atoms with E-state index in [9.17, 15) is 14.4 Å². The lowest BCUT2D eigenvalue weighted by Crippen LogP contribution is -2.16. The summed E-state index contributed by atoms with van der Waals surface area (Å²) in [5.41, 5.74) is 4.86. The Morgan fingerprint density at radius 3 is 2.60 bits per heavy atom. The molecule has 0 saturated heterocycles. The first kappa shape index (κ1) is 21.5. The zero-order chi connectivity index (χ0) is 21.8. The van der Waals surface area contributed by atoms with E-state index in [-0.39, 0.29) is 12.3 Å². The summed E-state index contributed by atoms with van der Waals surface area (Å²) in [5.74, 6) is -0.727. The summed E-state index contributed by atoms with van der Waals surface area (Å²) in [6, 6.07) is 9.48. The molecule has 0 aliphatic carbocycles. The number of carbonyl (C=O) groups excluding carboxylic acids is 3. The zero-order valence-electron chi connectivity index (χ0n) is 17.4. The number of amides is 1. The van der Waals surface area contributed by atoms with Gasteiger partial charge in [-0.25, -0.2) is 4.79 Å². The van der Waals surface area contributed by atoms with Crippen molar-refractivity contribution in [1.82, 2.24) is 4.57 Å². The van der Waals surface area contributed by atoms with Gasteiger partial charge < -0.3 is 14.6 Å². The minimum absolute atomic E-state index is 0.173. The number of anilines is 1. The predicted molar refractivity (Wildman–Crippen MR) is 118 cm³/mol. The van der Waals surface area contributed by atoms with Crippen molar-refractivity contribution in [2.24, 2.45) is 0 Å². The number of rotatable bonds is 7. The minimum Gasteiger partial charge on any atom is -0.465 e. The van der Waals surface area contributed by atoms with Crippen molar-refractivity contribution in [3.63, 3.8) is 0 Å². The number of aromatic nitrogens is 1. The van der Waals surface area contributed by atoms with Crippen molar-refractivity contribution in [1.29, 1.82) is 0 Å². The van der Waals surface area contributed by atoms with Crippen LogP contribution in [0.2, 0.25) is 0 Å².